The van der Waals surface area contributed by atoms with Gasteiger partial charge in [0.15, 0.2) is 9.84 Å². The van der Waals surface area contributed by atoms with Crippen molar-refractivity contribution in [3.8, 4) is 0 Å². The summed E-state index contributed by atoms with van der Waals surface area (Å²) < 4.78 is 28.3. The van der Waals surface area contributed by atoms with Gasteiger partial charge in [-0.1, -0.05) is 52.3 Å². The molecule has 2 aromatic rings. The fourth-order valence-corrected chi connectivity index (χ4v) is 5.04. The number of fused-ring (bicyclic) bond motifs is 3. The van der Waals surface area contributed by atoms with Gasteiger partial charge in [0.25, 0.3) is 0 Å². The summed E-state index contributed by atoms with van der Waals surface area (Å²) in [7, 11) is -3.22. The maximum Gasteiger partial charge on any atom is 0.308 e. The second-order valence-corrected chi connectivity index (χ2v) is 9.83. The molecule has 128 valence electrons. The summed E-state index contributed by atoms with van der Waals surface area (Å²) in [4.78, 5) is 12.2. The molecule has 2 unspecified atom stereocenters. The van der Waals surface area contributed by atoms with Crippen LogP contribution in [0.3, 0.4) is 0 Å². The zero-order chi connectivity index (χ0) is 17.8. The number of hydrogen-bond donors (Lipinski definition) is 0. The summed E-state index contributed by atoms with van der Waals surface area (Å²) in [6.07, 6.45) is 3.05. The molecule has 0 spiro atoms. The van der Waals surface area contributed by atoms with Crippen LogP contribution in [0.4, 0.5) is 0 Å². The fraction of sp³-hybridized carbons (Fsp3) is 0.211. The third-order valence-corrected chi connectivity index (χ3v) is 6.92. The molecule has 25 heavy (non-hydrogen) atoms. The minimum atomic E-state index is -3.22. The van der Waals surface area contributed by atoms with E-state index in [2.05, 4.69) is 15.9 Å². The molecule has 2 aliphatic rings. The first-order chi connectivity index (χ1) is 11.8. The number of hydrogen-bond acceptors (Lipinski definition) is 4. The molecule has 0 radical (unpaired) electrons. The van der Waals surface area contributed by atoms with Gasteiger partial charge in [-0.3, -0.25) is 4.79 Å². The average molecular weight is 419 g/mol. The van der Waals surface area contributed by atoms with Crippen molar-refractivity contribution in [2.75, 3.05) is 6.26 Å². The van der Waals surface area contributed by atoms with Crippen molar-refractivity contribution in [2.24, 2.45) is 0 Å². The van der Waals surface area contributed by atoms with Crippen LogP contribution in [0, 0.1) is 0 Å². The van der Waals surface area contributed by atoms with Crippen LogP contribution in [-0.2, 0) is 23.7 Å². The van der Waals surface area contributed by atoms with E-state index in [0.29, 0.717) is 6.42 Å². The third-order valence-electron chi connectivity index (χ3n) is 4.67. The Balaban J connectivity index is 1.82. The first-order valence-corrected chi connectivity index (χ1v) is 10.5. The summed E-state index contributed by atoms with van der Waals surface area (Å²) in [5, 5.41) is 0. The number of esters is 1. The molecule has 0 N–H and O–H groups in total. The summed E-state index contributed by atoms with van der Waals surface area (Å²) in [6, 6.07) is 14.6. The van der Waals surface area contributed by atoms with Gasteiger partial charge >= 0.3 is 5.97 Å². The Morgan fingerprint density at radius 2 is 1.84 bits per heavy atom. The lowest BCUT2D eigenvalue weighted by Gasteiger charge is -2.19. The largest absolute Gasteiger partial charge is 0.456 e. The second-order valence-electron chi connectivity index (χ2n) is 6.40. The molecule has 1 fully saturated rings. The van der Waals surface area contributed by atoms with E-state index in [1.807, 2.05) is 30.3 Å². The highest BCUT2D eigenvalue weighted by Crippen LogP contribution is 2.57. The Hall–Kier alpha value is -1.92. The quantitative estimate of drug-likeness (QED) is 0.552. The van der Waals surface area contributed by atoms with E-state index in [1.54, 1.807) is 24.3 Å². The van der Waals surface area contributed by atoms with Crippen molar-refractivity contribution >= 4 is 43.4 Å². The molecule has 6 heteroatoms. The highest BCUT2D eigenvalue weighted by molar-refractivity contribution is 9.09. The van der Waals surface area contributed by atoms with Gasteiger partial charge in [-0.2, -0.15) is 0 Å². The second kappa shape index (κ2) is 5.54. The summed E-state index contributed by atoms with van der Waals surface area (Å²) in [6.45, 7) is 0. The van der Waals surface area contributed by atoms with Crippen LogP contribution in [-0.4, -0.2) is 26.7 Å². The lowest BCUT2D eigenvalue weighted by molar-refractivity contribution is -0.139. The molecule has 4 rings (SSSR count). The molecule has 0 bridgehead atoms. The summed E-state index contributed by atoms with van der Waals surface area (Å²) in [5.41, 5.74) is 3.87. The molecule has 4 nitrogen and oxygen atoms in total. The zero-order valence-electron chi connectivity index (χ0n) is 13.4. The van der Waals surface area contributed by atoms with Gasteiger partial charge in [0.05, 0.1) is 11.3 Å². The number of ether oxygens (including phenoxy) is 1. The van der Waals surface area contributed by atoms with E-state index in [9.17, 15) is 13.2 Å². The first-order valence-electron chi connectivity index (χ1n) is 7.79. The third kappa shape index (κ3) is 2.64. The Labute approximate surface area is 154 Å². The van der Waals surface area contributed by atoms with E-state index < -0.39 is 14.2 Å². The highest BCUT2D eigenvalue weighted by Gasteiger charge is 2.56. The minimum Gasteiger partial charge on any atom is -0.456 e. The maximum absolute atomic E-state index is 11.9. The number of rotatable bonds is 2. The van der Waals surface area contributed by atoms with Gasteiger partial charge in [-0.05, 0) is 34.9 Å². The van der Waals surface area contributed by atoms with Crippen LogP contribution in [0.1, 0.15) is 23.1 Å². The van der Waals surface area contributed by atoms with Crippen molar-refractivity contribution in [1.82, 2.24) is 0 Å². The van der Waals surface area contributed by atoms with E-state index >= 15 is 0 Å². The topological polar surface area (TPSA) is 60.4 Å². The number of carbonyl (C=O) groups excluding carboxylic acids is 1. The number of sulfone groups is 1. The monoisotopic (exact) mass is 418 g/mol. The standard InChI is InChI=1S/C19H15BrO4S/c1-25(22,23)13-8-6-12(7-9-13)10-15-14-4-2-3-5-16(14)19(20)11-17(21)24-18(15)19/h2-10,18H,11H2,1H3/b15-10+. The van der Waals surface area contributed by atoms with Crippen LogP contribution in [0.2, 0.25) is 0 Å². The Morgan fingerprint density at radius 1 is 1.16 bits per heavy atom. The molecule has 2 atom stereocenters. The van der Waals surface area contributed by atoms with Crippen molar-refractivity contribution in [3.63, 3.8) is 0 Å². The molecule has 1 heterocycles. The molecular weight excluding hydrogens is 404 g/mol. The highest BCUT2D eigenvalue weighted by atomic mass is 79.9. The van der Waals surface area contributed by atoms with Crippen LogP contribution >= 0.6 is 15.9 Å². The Kier molecular flexibility index (Phi) is 3.67. The molecule has 0 aromatic heterocycles. The minimum absolute atomic E-state index is 0.227. The zero-order valence-corrected chi connectivity index (χ0v) is 15.8. The van der Waals surface area contributed by atoms with Crippen LogP contribution in [0.25, 0.3) is 11.6 Å². The van der Waals surface area contributed by atoms with Crippen molar-refractivity contribution < 1.29 is 17.9 Å². The van der Waals surface area contributed by atoms with E-state index in [4.69, 9.17) is 4.74 Å². The molecule has 1 aliphatic carbocycles. The van der Waals surface area contributed by atoms with Crippen molar-refractivity contribution in [2.45, 2.75) is 21.7 Å². The molecular formula is C19H15BrO4S. The average Bonchev–Trinajstić information content (AvgIpc) is 2.97. The van der Waals surface area contributed by atoms with Gasteiger partial charge in [0, 0.05) is 11.8 Å². The molecule has 1 saturated heterocycles. The van der Waals surface area contributed by atoms with Crippen molar-refractivity contribution in [1.29, 1.82) is 0 Å². The van der Waals surface area contributed by atoms with Crippen molar-refractivity contribution in [3.05, 3.63) is 65.2 Å². The van der Waals surface area contributed by atoms with Gasteiger partial charge in [0.2, 0.25) is 0 Å². The predicted octanol–water partition coefficient (Wildman–Crippen LogP) is 3.55. The molecule has 2 aromatic carbocycles. The first kappa shape index (κ1) is 16.5. The number of halogens is 1. The number of alkyl halides is 1. The summed E-state index contributed by atoms with van der Waals surface area (Å²) >= 11 is 3.74. The smallest absolute Gasteiger partial charge is 0.308 e. The van der Waals surface area contributed by atoms with Crippen LogP contribution < -0.4 is 0 Å². The fourth-order valence-electron chi connectivity index (χ4n) is 3.50. The molecule has 0 amide bonds. The number of benzene rings is 2. The maximum atomic E-state index is 11.9. The van der Waals surface area contributed by atoms with E-state index in [1.165, 1.54) is 6.26 Å². The SMILES string of the molecule is CS(=O)(=O)c1ccc(/C=C2\c3ccccc3C3(Br)CC(=O)OC23)cc1. The van der Waals surface area contributed by atoms with E-state index in [0.717, 1.165) is 22.3 Å². The summed E-state index contributed by atoms with van der Waals surface area (Å²) in [5.74, 6) is -0.227. The van der Waals surface area contributed by atoms with Gasteiger partial charge in [-0.25, -0.2) is 8.42 Å². The van der Waals surface area contributed by atoms with Crippen LogP contribution in [0.5, 0.6) is 0 Å². The number of carbonyl (C=O) groups is 1. The van der Waals surface area contributed by atoms with Gasteiger partial charge in [0.1, 0.15) is 10.4 Å². The lowest BCUT2D eigenvalue weighted by atomic mass is 9.98. The molecule has 0 saturated carbocycles. The normalized spacial score (nSPS) is 26.4. The molecule has 1 aliphatic heterocycles. The van der Waals surface area contributed by atoms with Gasteiger partial charge < -0.3 is 4.74 Å². The van der Waals surface area contributed by atoms with E-state index in [-0.39, 0.29) is 17.0 Å². The Morgan fingerprint density at radius 3 is 2.52 bits per heavy atom. The van der Waals surface area contributed by atoms with Gasteiger partial charge in [-0.15, -0.1) is 0 Å². The predicted molar refractivity (Wildman–Crippen MR) is 99.0 cm³/mol. The Bertz CT molecular complexity index is 1010. The van der Waals surface area contributed by atoms with Crippen LogP contribution in [0.15, 0.2) is 53.4 Å². The lowest BCUT2D eigenvalue weighted by Crippen LogP contribution is -2.23.